The van der Waals surface area contributed by atoms with Crippen LogP contribution in [0.2, 0.25) is 0 Å². The van der Waals surface area contributed by atoms with Crippen molar-refractivity contribution in [3.8, 4) is 5.75 Å². The molecule has 0 radical (unpaired) electrons. The Morgan fingerprint density at radius 1 is 1.33 bits per heavy atom. The van der Waals surface area contributed by atoms with Gasteiger partial charge in [-0.05, 0) is 24.3 Å². The van der Waals surface area contributed by atoms with Crippen LogP contribution in [0.4, 0.5) is 4.39 Å². The maximum absolute atomic E-state index is 13.5. The van der Waals surface area contributed by atoms with Crippen molar-refractivity contribution in [1.29, 1.82) is 0 Å². The molecule has 0 aliphatic heterocycles. The zero-order chi connectivity index (χ0) is 14.8. The van der Waals surface area contributed by atoms with E-state index in [1.807, 2.05) is 35.0 Å². The third-order valence-electron chi connectivity index (χ3n) is 2.97. The van der Waals surface area contributed by atoms with E-state index in [1.165, 1.54) is 12.1 Å². The molecular formula is C15H11FN2O3. The van der Waals surface area contributed by atoms with Gasteiger partial charge in [0.05, 0.1) is 11.3 Å². The molecule has 0 bridgehead atoms. The van der Waals surface area contributed by atoms with Gasteiger partial charge in [-0.1, -0.05) is 6.07 Å². The van der Waals surface area contributed by atoms with E-state index in [2.05, 4.69) is 4.98 Å². The summed E-state index contributed by atoms with van der Waals surface area (Å²) < 4.78 is 20.8. The van der Waals surface area contributed by atoms with Crippen LogP contribution in [-0.2, 0) is 6.61 Å². The summed E-state index contributed by atoms with van der Waals surface area (Å²) in [5, 5.41) is 8.75. The SMILES string of the molecule is O=C(O)c1ccc(OCc2cn3ccccc3n2)cc1F. The number of rotatable bonds is 4. The molecule has 2 aromatic heterocycles. The summed E-state index contributed by atoms with van der Waals surface area (Å²) in [6, 6.07) is 9.29. The Morgan fingerprint density at radius 2 is 2.19 bits per heavy atom. The molecule has 0 aliphatic carbocycles. The van der Waals surface area contributed by atoms with Crippen LogP contribution in [0.15, 0.2) is 48.8 Å². The number of imidazole rings is 1. The fourth-order valence-electron chi connectivity index (χ4n) is 1.97. The average molecular weight is 286 g/mol. The average Bonchev–Trinajstić information content (AvgIpc) is 2.87. The molecule has 21 heavy (non-hydrogen) atoms. The lowest BCUT2D eigenvalue weighted by atomic mass is 10.2. The third kappa shape index (κ3) is 2.69. The molecule has 3 rings (SSSR count). The van der Waals surface area contributed by atoms with Gasteiger partial charge in [-0.25, -0.2) is 14.2 Å². The minimum Gasteiger partial charge on any atom is -0.487 e. The summed E-state index contributed by atoms with van der Waals surface area (Å²) in [6.45, 7) is 0.174. The Morgan fingerprint density at radius 3 is 2.90 bits per heavy atom. The van der Waals surface area contributed by atoms with Crippen LogP contribution in [0.1, 0.15) is 16.1 Å². The molecule has 1 aromatic carbocycles. The Bertz CT molecular complexity index is 781. The number of carbonyl (C=O) groups is 1. The van der Waals surface area contributed by atoms with E-state index in [1.54, 1.807) is 0 Å². The quantitative estimate of drug-likeness (QED) is 0.801. The maximum Gasteiger partial charge on any atom is 0.338 e. The van der Waals surface area contributed by atoms with E-state index < -0.39 is 11.8 Å². The van der Waals surface area contributed by atoms with E-state index in [0.29, 0.717) is 5.69 Å². The van der Waals surface area contributed by atoms with Crippen molar-refractivity contribution >= 4 is 11.6 Å². The van der Waals surface area contributed by atoms with Gasteiger partial charge in [0.1, 0.15) is 23.8 Å². The molecule has 0 aliphatic rings. The lowest BCUT2D eigenvalue weighted by molar-refractivity contribution is 0.0692. The number of hydrogen-bond donors (Lipinski definition) is 1. The second-order valence-electron chi connectivity index (χ2n) is 4.43. The Hall–Kier alpha value is -2.89. The predicted octanol–water partition coefficient (Wildman–Crippen LogP) is 2.75. The molecule has 0 saturated carbocycles. The largest absolute Gasteiger partial charge is 0.487 e. The number of halogens is 1. The second-order valence-corrected chi connectivity index (χ2v) is 4.43. The fraction of sp³-hybridized carbons (Fsp3) is 0.0667. The number of hydrogen-bond acceptors (Lipinski definition) is 3. The number of benzene rings is 1. The summed E-state index contributed by atoms with van der Waals surface area (Å²) in [5.41, 5.74) is 1.11. The van der Waals surface area contributed by atoms with Gasteiger partial charge in [-0.15, -0.1) is 0 Å². The summed E-state index contributed by atoms with van der Waals surface area (Å²) >= 11 is 0. The lowest BCUT2D eigenvalue weighted by Crippen LogP contribution is -2.02. The maximum atomic E-state index is 13.5. The molecule has 5 nitrogen and oxygen atoms in total. The highest BCUT2D eigenvalue weighted by Gasteiger charge is 2.11. The van der Waals surface area contributed by atoms with Crippen LogP contribution in [-0.4, -0.2) is 20.5 Å². The zero-order valence-corrected chi connectivity index (χ0v) is 10.9. The number of carboxylic acid groups (broad SMARTS) is 1. The van der Waals surface area contributed by atoms with Crippen molar-refractivity contribution in [1.82, 2.24) is 9.38 Å². The first-order valence-corrected chi connectivity index (χ1v) is 6.22. The molecule has 0 unspecified atom stereocenters. The number of aromatic nitrogens is 2. The van der Waals surface area contributed by atoms with E-state index >= 15 is 0 Å². The van der Waals surface area contributed by atoms with Crippen molar-refractivity contribution < 1.29 is 19.0 Å². The molecular weight excluding hydrogens is 275 g/mol. The van der Waals surface area contributed by atoms with Crippen molar-refractivity contribution in [3.63, 3.8) is 0 Å². The van der Waals surface area contributed by atoms with E-state index in [0.717, 1.165) is 11.7 Å². The number of nitrogens with zero attached hydrogens (tertiary/aromatic N) is 2. The number of pyridine rings is 1. The van der Waals surface area contributed by atoms with Crippen LogP contribution < -0.4 is 4.74 Å². The molecule has 0 atom stereocenters. The van der Waals surface area contributed by atoms with Gasteiger partial charge in [0.2, 0.25) is 0 Å². The lowest BCUT2D eigenvalue weighted by Gasteiger charge is -2.05. The van der Waals surface area contributed by atoms with E-state index in [4.69, 9.17) is 9.84 Å². The van der Waals surface area contributed by atoms with Crippen molar-refractivity contribution in [2.24, 2.45) is 0 Å². The molecule has 106 valence electrons. The Balaban J connectivity index is 1.75. The van der Waals surface area contributed by atoms with Gasteiger partial charge in [0.15, 0.2) is 0 Å². The number of carboxylic acids is 1. The molecule has 0 spiro atoms. The summed E-state index contributed by atoms with van der Waals surface area (Å²) in [6.07, 6.45) is 3.68. The normalized spacial score (nSPS) is 10.7. The van der Waals surface area contributed by atoms with E-state index in [-0.39, 0.29) is 17.9 Å². The van der Waals surface area contributed by atoms with Gasteiger partial charge in [-0.3, -0.25) is 0 Å². The topological polar surface area (TPSA) is 63.8 Å². The highest BCUT2D eigenvalue weighted by atomic mass is 19.1. The predicted molar refractivity (Wildman–Crippen MR) is 72.9 cm³/mol. The van der Waals surface area contributed by atoms with Crippen molar-refractivity contribution in [2.45, 2.75) is 6.61 Å². The third-order valence-corrected chi connectivity index (χ3v) is 2.97. The monoisotopic (exact) mass is 286 g/mol. The van der Waals surface area contributed by atoms with Gasteiger partial charge in [0, 0.05) is 18.5 Å². The van der Waals surface area contributed by atoms with Crippen LogP contribution in [0.5, 0.6) is 5.75 Å². The summed E-state index contributed by atoms with van der Waals surface area (Å²) in [7, 11) is 0. The first kappa shape index (κ1) is 13.1. The standard InChI is InChI=1S/C15H11FN2O3/c16-13-7-11(4-5-12(13)15(19)20)21-9-10-8-18-6-2-1-3-14(18)17-10/h1-8H,9H2,(H,19,20). The smallest absolute Gasteiger partial charge is 0.338 e. The number of fused-ring (bicyclic) bond motifs is 1. The van der Waals surface area contributed by atoms with Gasteiger partial charge in [-0.2, -0.15) is 0 Å². The molecule has 3 aromatic rings. The molecule has 2 heterocycles. The van der Waals surface area contributed by atoms with Crippen molar-refractivity contribution in [3.05, 3.63) is 65.9 Å². The highest BCUT2D eigenvalue weighted by molar-refractivity contribution is 5.88. The Labute approximate surface area is 119 Å². The van der Waals surface area contributed by atoms with Crippen LogP contribution in [0, 0.1) is 5.82 Å². The van der Waals surface area contributed by atoms with E-state index in [9.17, 15) is 9.18 Å². The second kappa shape index (κ2) is 5.24. The Kier molecular flexibility index (Phi) is 3.27. The van der Waals surface area contributed by atoms with Crippen LogP contribution >= 0.6 is 0 Å². The molecule has 0 saturated heterocycles. The summed E-state index contributed by atoms with van der Waals surface area (Å²) in [4.78, 5) is 15.1. The van der Waals surface area contributed by atoms with Crippen molar-refractivity contribution in [2.75, 3.05) is 0 Å². The first-order chi connectivity index (χ1) is 10.1. The molecule has 0 amide bonds. The van der Waals surface area contributed by atoms with Gasteiger partial charge >= 0.3 is 5.97 Å². The highest BCUT2D eigenvalue weighted by Crippen LogP contribution is 2.18. The minimum absolute atomic E-state index is 0.174. The van der Waals surface area contributed by atoms with Crippen LogP contribution in [0.25, 0.3) is 5.65 Å². The zero-order valence-electron chi connectivity index (χ0n) is 10.9. The van der Waals surface area contributed by atoms with Crippen LogP contribution in [0.3, 0.4) is 0 Å². The first-order valence-electron chi connectivity index (χ1n) is 6.22. The number of aromatic carboxylic acids is 1. The minimum atomic E-state index is -1.31. The molecule has 6 heteroatoms. The molecule has 0 fully saturated rings. The fourth-order valence-corrected chi connectivity index (χ4v) is 1.97. The van der Waals surface area contributed by atoms with Gasteiger partial charge < -0.3 is 14.2 Å². The number of ether oxygens (including phenoxy) is 1. The molecule has 1 N–H and O–H groups in total. The van der Waals surface area contributed by atoms with Gasteiger partial charge in [0.25, 0.3) is 0 Å². The summed E-state index contributed by atoms with van der Waals surface area (Å²) in [5.74, 6) is -1.87.